The molecule has 0 aliphatic carbocycles. The lowest BCUT2D eigenvalue weighted by Crippen LogP contribution is -2.61. The molecule has 21 heavy (non-hydrogen) atoms. The highest BCUT2D eigenvalue weighted by Crippen LogP contribution is 2.28. The Labute approximate surface area is 134 Å². The van der Waals surface area contributed by atoms with E-state index in [2.05, 4.69) is 5.32 Å². The molecule has 1 aromatic carbocycles. The maximum absolute atomic E-state index is 12.4. The molecule has 2 amide bonds. The second-order valence-corrected chi connectivity index (χ2v) is 6.00. The molecule has 1 aromatic rings. The van der Waals surface area contributed by atoms with Crippen LogP contribution in [0.15, 0.2) is 18.2 Å². The van der Waals surface area contributed by atoms with Crippen LogP contribution < -0.4 is 5.32 Å². The third kappa shape index (κ3) is 3.33. The highest BCUT2D eigenvalue weighted by Gasteiger charge is 2.38. The van der Waals surface area contributed by atoms with Gasteiger partial charge < -0.3 is 10.2 Å². The van der Waals surface area contributed by atoms with Crippen molar-refractivity contribution in [3.8, 4) is 0 Å². The smallest absolute Gasteiger partial charge is 0.245 e. The van der Waals surface area contributed by atoms with Gasteiger partial charge in [-0.15, -0.1) is 0 Å². The third-order valence-electron chi connectivity index (χ3n) is 3.63. The van der Waals surface area contributed by atoms with Gasteiger partial charge in [0.25, 0.3) is 0 Å². The molecular weight excluding hydrogens is 311 g/mol. The number of nitrogens with one attached hydrogen (secondary N) is 1. The van der Waals surface area contributed by atoms with Crippen molar-refractivity contribution in [1.82, 2.24) is 10.2 Å². The molecule has 2 atom stereocenters. The average molecular weight is 329 g/mol. The highest BCUT2D eigenvalue weighted by atomic mass is 35.5. The van der Waals surface area contributed by atoms with Gasteiger partial charge in [-0.05, 0) is 25.0 Å². The van der Waals surface area contributed by atoms with Crippen molar-refractivity contribution in [2.45, 2.75) is 45.3 Å². The number of hydrogen-bond acceptors (Lipinski definition) is 2. The van der Waals surface area contributed by atoms with E-state index in [1.54, 1.807) is 24.0 Å². The van der Waals surface area contributed by atoms with E-state index in [-0.39, 0.29) is 11.8 Å². The van der Waals surface area contributed by atoms with Crippen LogP contribution in [0.1, 0.15) is 32.3 Å². The SMILES string of the molecule is CCCC1C(=O)NC(C)C(=O)N1Cc1cccc(Cl)c1Cl. The first-order valence-electron chi connectivity index (χ1n) is 6.99. The molecule has 0 bridgehead atoms. The number of piperazine rings is 1. The van der Waals surface area contributed by atoms with Crippen LogP contribution in [0.3, 0.4) is 0 Å². The van der Waals surface area contributed by atoms with Crippen molar-refractivity contribution >= 4 is 35.0 Å². The van der Waals surface area contributed by atoms with Crippen LogP contribution in [0.2, 0.25) is 10.0 Å². The monoisotopic (exact) mass is 328 g/mol. The van der Waals surface area contributed by atoms with E-state index in [1.807, 2.05) is 13.0 Å². The topological polar surface area (TPSA) is 49.4 Å². The van der Waals surface area contributed by atoms with Crippen LogP contribution in [-0.4, -0.2) is 28.8 Å². The first-order valence-corrected chi connectivity index (χ1v) is 7.75. The zero-order chi connectivity index (χ0) is 15.6. The molecule has 4 nitrogen and oxygen atoms in total. The molecule has 1 saturated heterocycles. The van der Waals surface area contributed by atoms with Crippen molar-refractivity contribution < 1.29 is 9.59 Å². The molecule has 0 saturated carbocycles. The minimum atomic E-state index is -0.511. The molecule has 0 spiro atoms. The number of carbonyl (C=O) groups excluding carboxylic acids is 2. The van der Waals surface area contributed by atoms with Gasteiger partial charge in [-0.2, -0.15) is 0 Å². The Hall–Kier alpha value is -1.26. The Morgan fingerprint density at radius 2 is 2.00 bits per heavy atom. The summed E-state index contributed by atoms with van der Waals surface area (Å²) < 4.78 is 0. The number of nitrogens with zero attached hydrogens (tertiary/aromatic N) is 1. The van der Waals surface area contributed by atoms with Gasteiger partial charge in [0.1, 0.15) is 12.1 Å². The molecule has 1 heterocycles. The molecule has 6 heteroatoms. The first kappa shape index (κ1) is 16.1. The fourth-order valence-corrected chi connectivity index (χ4v) is 2.90. The summed E-state index contributed by atoms with van der Waals surface area (Å²) in [5.74, 6) is -0.203. The fraction of sp³-hybridized carbons (Fsp3) is 0.467. The number of halogens is 2. The van der Waals surface area contributed by atoms with Gasteiger partial charge in [-0.1, -0.05) is 48.7 Å². The molecule has 0 aromatic heterocycles. The van der Waals surface area contributed by atoms with Crippen LogP contribution in [0.5, 0.6) is 0 Å². The number of amides is 2. The van der Waals surface area contributed by atoms with Crippen LogP contribution >= 0.6 is 23.2 Å². The quantitative estimate of drug-likeness (QED) is 0.923. The van der Waals surface area contributed by atoms with Gasteiger partial charge in [-0.25, -0.2) is 0 Å². The van der Waals surface area contributed by atoms with Crippen molar-refractivity contribution in [3.63, 3.8) is 0 Å². The van der Waals surface area contributed by atoms with Crippen LogP contribution in [0, 0.1) is 0 Å². The maximum atomic E-state index is 12.4. The molecule has 0 radical (unpaired) electrons. The lowest BCUT2D eigenvalue weighted by atomic mass is 10.0. The zero-order valence-electron chi connectivity index (χ0n) is 12.0. The second kappa shape index (κ2) is 6.67. The Morgan fingerprint density at radius 3 is 2.67 bits per heavy atom. The first-order chi connectivity index (χ1) is 9.95. The van der Waals surface area contributed by atoms with Gasteiger partial charge in [0.15, 0.2) is 0 Å². The number of rotatable bonds is 4. The van der Waals surface area contributed by atoms with Crippen LogP contribution in [0.25, 0.3) is 0 Å². The van der Waals surface area contributed by atoms with E-state index in [0.717, 1.165) is 12.0 Å². The van der Waals surface area contributed by atoms with Gasteiger partial charge in [-0.3, -0.25) is 9.59 Å². The maximum Gasteiger partial charge on any atom is 0.245 e. The summed E-state index contributed by atoms with van der Waals surface area (Å²) >= 11 is 12.2. The molecule has 1 aliphatic heterocycles. The Bertz CT molecular complexity index is 563. The van der Waals surface area contributed by atoms with E-state index in [4.69, 9.17) is 23.2 Å². The second-order valence-electron chi connectivity index (χ2n) is 5.21. The van der Waals surface area contributed by atoms with Crippen molar-refractivity contribution in [2.24, 2.45) is 0 Å². The summed E-state index contributed by atoms with van der Waals surface area (Å²) in [6.07, 6.45) is 1.45. The highest BCUT2D eigenvalue weighted by molar-refractivity contribution is 6.42. The standard InChI is InChI=1S/C15H18Cl2N2O2/c1-3-5-12-14(20)18-9(2)15(21)19(12)8-10-6-4-7-11(16)13(10)17/h4,6-7,9,12H,3,5,8H2,1-2H3,(H,18,20). The minimum absolute atomic E-state index is 0.0934. The minimum Gasteiger partial charge on any atom is -0.343 e. The van der Waals surface area contributed by atoms with E-state index < -0.39 is 12.1 Å². The Balaban J connectivity index is 2.30. The van der Waals surface area contributed by atoms with Gasteiger partial charge in [0, 0.05) is 6.54 Å². The average Bonchev–Trinajstić information content (AvgIpc) is 2.44. The lowest BCUT2D eigenvalue weighted by molar-refractivity contribution is -0.149. The molecule has 1 N–H and O–H groups in total. The van der Waals surface area contributed by atoms with Crippen molar-refractivity contribution in [1.29, 1.82) is 0 Å². The Kier molecular flexibility index (Phi) is 5.12. The predicted molar refractivity (Wildman–Crippen MR) is 83.3 cm³/mol. The third-order valence-corrected chi connectivity index (χ3v) is 4.48. The summed E-state index contributed by atoms with van der Waals surface area (Å²) in [4.78, 5) is 26.1. The summed E-state index contributed by atoms with van der Waals surface area (Å²) in [6.45, 7) is 3.97. The normalized spacial score (nSPS) is 22.4. The van der Waals surface area contributed by atoms with Crippen LogP contribution in [0.4, 0.5) is 0 Å². The number of benzene rings is 1. The summed E-state index contributed by atoms with van der Waals surface area (Å²) in [6, 6.07) is 4.35. The fourth-order valence-electron chi connectivity index (χ4n) is 2.52. The number of hydrogen-bond donors (Lipinski definition) is 1. The largest absolute Gasteiger partial charge is 0.343 e. The van der Waals surface area contributed by atoms with Crippen LogP contribution in [-0.2, 0) is 16.1 Å². The number of carbonyl (C=O) groups is 2. The molecule has 2 unspecified atom stereocenters. The lowest BCUT2D eigenvalue weighted by Gasteiger charge is -2.38. The predicted octanol–water partition coefficient (Wildman–Crippen LogP) is 3.01. The summed E-state index contributed by atoms with van der Waals surface area (Å²) in [7, 11) is 0. The van der Waals surface area contributed by atoms with Crippen molar-refractivity contribution in [2.75, 3.05) is 0 Å². The van der Waals surface area contributed by atoms with E-state index >= 15 is 0 Å². The molecule has 114 valence electrons. The summed E-state index contributed by atoms with van der Waals surface area (Å²) in [5, 5.41) is 3.60. The van der Waals surface area contributed by atoms with E-state index in [1.165, 1.54) is 0 Å². The van der Waals surface area contributed by atoms with Gasteiger partial charge in [0.05, 0.1) is 10.0 Å². The van der Waals surface area contributed by atoms with Gasteiger partial charge >= 0.3 is 0 Å². The molecule has 2 rings (SSSR count). The van der Waals surface area contributed by atoms with Crippen molar-refractivity contribution in [3.05, 3.63) is 33.8 Å². The van der Waals surface area contributed by atoms with Gasteiger partial charge in [0.2, 0.25) is 11.8 Å². The van der Waals surface area contributed by atoms with E-state index in [9.17, 15) is 9.59 Å². The Morgan fingerprint density at radius 1 is 1.29 bits per heavy atom. The van der Waals surface area contributed by atoms with E-state index in [0.29, 0.717) is 23.0 Å². The molecular formula is C15H18Cl2N2O2. The zero-order valence-corrected chi connectivity index (χ0v) is 13.5. The molecule has 1 fully saturated rings. The summed E-state index contributed by atoms with van der Waals surface area (Å²) in [5.41, 5.74) is 0.750. The molecule has 1 aliphatic rings.